The quantitative estimate of drug-likeness (QED) is 0.230. The Kier molecular flexibility index (Phi) is 12.2. The Morgan fingerprint density at radius 1 is 0.978 bits per heavy atom. The summed E-state index contributed by atoms with van der Waals surface area (Å²) >= 11 is 0. The lowest BCUT2D eigenvalue weighted by atomic mass is 9.88. The Hall–Kier alpha value is -3.96. The summed E-state index contributed by atoms with van der Waals surface area (Å²) in [6.45, 7) is 8.83. The molecule has 0 saturated carbocycles. The minimum absolute atomic E-state index is 0.0337. The summed E-state index contributed by atoms with van der Waals surface area (Å²) in [6, 6.07) is 11.6. The van der Waals surface area contributed by atoms with Crippen molar-refractivity contribution in [3.05, 3.63) is 95.1 Å². The topological polar surface area (TPSA) is 92.8 Å². The van der Waals surface area contributed by atoms with Crippen molar-refractivity contribution in [3.8, 4) is 0 Å². The summed E-state index contributed by atoms with van der Waals surface area (Å²) in [5, 5.41) is 5.98. The van der Waals surface area contributed by atoms with E-state index in [9.17, 15) is 22.8 Å². The largest absolute Gasteiger partial charge is 0.428 e. The third-order valence-corrected chi connectivity index (χ3v) is 8.33. The number of halogens is 3. The van der Waals surface area contributed by atoms with Crippen LogP contribution in [0.1, 0.15) is 63.1 Å². The number of hydrogen-bond donors (Lipinski definition) is 2. The van der Waals surface area contributed by atoms with Crippen LogP contribution < -0.4 is 10.6 Å². The molecule has 248 valence electrons. The van der Waals surface area contributed by atoms with Crippen LogP contribution in [0.2, 0.25) is 0 Å². The molecule has 2 N–H and O–H groups in total. The number of rotatable bonds is 12. The SMILES string of the molecule is CC(C)C(C(C)C)N(C)C(=O)O[C@H]1CO[C@H](CCc2c(F)cncc2NC(=O)CC(c2ccc(F)cc2)c2ccc(F)cc2)CN1. The van der Waals surface area contributed by atoms with Gasteiger partial charge in [0.05, 0.1) is 30.8 Å². The van der Waals surface area contributed by atoms with Crippen molar-refractivity contribution in [2.75, 3.05) is 25.5 Å². The fourth-order valence-electron chi connectivity index (χ4n) is 6.19. The van der Waals surface area contributed by atoms with Crippen LogP contribution in [0.25, 0.3) is 0 Å². The first-order valence-corrected chi connectivity index (χ1v) is 15.6. The van der Waals surface area contributed by atoms with E-state index in [1.54, 1.807) is 36.2 Å². The van der Waals surface area contributed by atoms with E-state index in [2.05, 4.69) is 43.3 Å². The summed E-state index contributed by atoms with van der Waals surface area (Å²) in [6.07, 6.45) is 1.84. The second kappa shape index (κ2) is 16.0. The van der Waals surface area contributed by atoms with Crippen LogP contribution >= 0.6 is 0 Å². The van der Waals surface area contributed by atoms with Crippen LogP contribution in [-0.2, 0) is 20.7 Å². The van der Waals surface area contributed by atoms with Crippen LogP contribution in [0.15, 0.2) is 60.9 Å². The average molecular weight is 641 g/mol. The first-order valence-electron chi connectivity index (χ1n) is 15.6. The van der Waals surface area contributed by atoms with Crippen LogP contribution in [0.5, 0.6) is 0 Å². The molecular weight excluding hydrogens is 597 g/mol. The number of nitrogens with zero attached hydrogens (tertiary/aromatic N) is 2. The number of amides is 2. The van der Waals surface area contributed by atoms with Crippen molar-refractivity contribution in [2.24, 2.45) is 11.8 Å². The summed E-state index contributed by atoms with van der Waals surface area (Å²) in [5.41, 5.74) is 1.89. The van der Waals surface area contributed by atoms with Crippen LogP contribution in [-0.4, -0.2) is 60.5 Å². The van der Waals surface area contributed by atoms with Gasteiger partial charge < -0.3 is 19.7 Å². The number of benzene rings is 2. The molecule has 1 aliphatic heterocycles. The predicted octanol–water partition coefficient (Wildman–Crippen LogP) is 6.66. The highest BCUT2D eigenvalue weighted by Gasteiger charge is 2.30. The summed E-state index contributed by atoms with van der Waals surface area (Å²) < 4.78 is 53.8. The van der Waals surface area contributed by atoms with Gasteiger partial charge in [-0.1, -0.05) is 52.0 Å². The van der Waals surface area contributed by atoms with E-state index in [4.69, 9.17) is 9.47 Å². The Labute approximate surface area is 268 Å². The van der Waals surface area contributed by atoms with E-state index in [1.165, 1.54) is 30.5 Å². The van der Waals surface area contributed by atoms with E-state index in [0.29, 0.717) is 24.1 Å². The lowest BCUT2D eigenvalue weighted by molar-refractivity contribution is -0.116. The number of anilines is 1. The molecule has 46 heavy (non-hydrogen) atoms. The van der Waals surface area contributed by atoms with Crippen LogP contribution in [0, 0.1) is 29.3 Å². The molecule has 2 heterocycles. The number of aromatic nitrogens is 1. The third-order valence-electron chi connectivity index (χ3n) is 8.33. The Morgan fingerprint density at radius 3 is 2.09 bits per heavy atom. The lowest BCUT2D eigenvalue weighted by Crippen LogP contribution is -2.52. The second-order valence-electron chi connectivity index (χ2n) is 12.4. The Morgan fingerprint density at radius 2 is 1.57 bits per heavy atom. The standard InChI is InChI=1S/C35H43F3N4O4/c1-21(2)34(22(3)4)42(5)35(44)46-33-20-45-27(17-40-33)14-15-28-30(38)18-39-19-31(28)41-32(43)16-29(23-6-10-25(36)11-7-23)24-8-12-26(37)13-9-24/h6-13,18-19,21-22,27,29,33-34,40H,14-17,20H2,1-5H3,(H,41,43)/t27-,33+/m1/s1. The van der Waals surface area contributed by atoms with E-state index < -0.39 is 41.6 Å². The van der Waals surface area contributed by atoms with Gasteiger partial charge in [-0.05, 0) is 60.1 Å². The molecule has 1 aromatic heterocycles. The maximum Gasteiger partial charge on any atom is 0.411 e. The number of carbonyl (C=O) groups excluding carboxylic acids is 2. The molecular formula is C35H43F3N4O4. The predicted molar refractivity (Wildman–Crippen MR) is 170 cm³/mol. The van der Waals surface area contributed by atoms with Gasteiger partial charge in [0.2, 0.25) is 5.91 Å². The monoisotopic (exact) mass is 640 g/mol. The van der Waals surface area contributed by atoms with E-state index >= 15 is 0 Å². The van der Waals surface area contributed by atoms with Crippen molar-refractivity contribution in [1.82, 2.24) is 15.2 Å². The molecule has 3 aromatic rings. The Balaban J connectivity index is 1.35. The van der Waals surface area contributed by atoms with Crippen LogP contribution in [0.3, 0.4) is 0 Å². The number of hydrogen-bond acceptors (Lipinski definition) is 6. The van der Waals surface area contributed by atoms with E-state index in [1.807, 2.05) is 0 Å². The molecule has 4 rings (SSSR count). The van der Waals surface area contributed by atoms with Crippen molar-refractivity contribution in [3.63, 3.8) is 0 Å². The minimum atomic E-state index is -0.603. The maximum absolute atomic E-state index is 15.0. The molecule has 2 atom stereocenters. The van der Waals surface area contributed by atoms with E-state index in [0.717, 1.165) is 6.20 Å². The van der Waals surface area contributed by atoms with Crippen molar-refractivity contribution in [2.45, 2.75) is 71.2 Å². The van der Waals surface area contributed by atoms with Gasteiger partial charge >= 0.3 is 6.09 Å². The van der Waals surface area contributed by atoms with Gasteiger partial charge in [-0.25, -0.2) is 18.0 Å². The van der Waals surface area contributed by atoms with Gasteiger partial charge in [0, 0.05) is 37.5 Å². The van der Waals surface area contributed by atoms with E-state index in [-0.39, 0.29) is 54.7 Å². The highest BCUT2D eigenvalue weighted by Crippen LogP contribution is 2.30. The normalized spacial score (nSPS) is 16.7. The molecule has 1 saturated heterocycles. The number of nitrogens with one attached hydrogen (secondary N) is 2. The van der Waals surface area contributed by atoms with Crippen LogP contribution in [0.4, 0.5) is 23.7 Å². The molecule has 2 amide bonds. The molecule has 1 fully saturated rings. The smallest absolute Gasteiger partial charge is 0.411 e. The van der Waals surface area contributed by atoms with Gasteiger partial charge in [0.15, 0.2) is 6.23 Å². The molecule has 1 aliphatic rings. The molecule has 0 spiro atoms. The zero-order valence-corrected chi connectivity index (χ0v) is 26.9. The third kappa shape index (κ3) is 9.29. The molecule has 0 unspecified atom stereocenters. The zero-order valence-electron chi connectivity index (χ0n) is 26.9. The van der Waals surface area contributed by atoms with Gasteiger partial charge in [0.25, 0.3) is 0 Å². The molecule has 0 bridgehead atoms. The minimum Gasteiger partial charge on any atom is -0.428 e. The fourth-order valence-corrected chi connectivity index (χ4v) is 6.19. The van der Waals surface area contributed by atoms with Gasteiger partial charge in [-0.15, -0.1) is 0 Å². The molecule has 11 heteroatoms. The van der Waals surface area contributed by atoms with Crippen molar-refractivity contribution >= 4 is 17.7 Å². The van der Waals surface area contributed by atoms with Gasteiger partial charge in [0.1, 0.15) is 17.5 Å². The number of morpholine rings is 1. The zero-order chi connectivity index (χ0) is 33.4. The first kappa shape index (κ1) is 34.9. The highest BCUT2D eigenvalue weighted by atomic mass is 19.1. The summed E-state index contributed by atoms with van der Waals surface area (Å²) in [5.74, 6) is -1.74. The summed E-state index contributed by atoms with van der Waals surface area (Å²) in [4.78, 5) is 31.6. The van der Waals surface area contributed by atoms with Gasteiger partial charge in [-0.3, -0.25) is 15.1 Å². The maximum atomic E-state index is 15.0. The lowest BCUT2D eigenvalue weighted by Gasteiger charge is -2.36. The number of carbonyl (C=O) groups is 2. The molecule has 8 nitrogen and oxygen atoms in total. The second-order valence-corrected chi connectivity index (χ2v) is 12.4. The average Bonchev–Trinajstić information content (AvgIpc) is 3.01. The highest BCUT2D eigenvalue weighted by molar-refractivity contribution is 5.92. The molecule has 0 radical (unpaired) electrons. The van der Waals surface area contributed by atoms with Crippen molar-refractivity contribution in [1.29, 1.82) is 0 Å². The fraction of sp³-hybridized carbons (Fsp3) is 0.457. The molecule has 0 aliphatic carbocycles. The Bertz CT molecular complexity index is 1390. The first-order chi connectivity index (χ1) is 21.9. The van der Waals surface area contributed by atoms with Gasteiger partial charge in [-0.2, -0.15) is 0 Å². The summed E-state index contributed by atoms with van der Waals surface area (Å²) in [7, 11) is 1.74. The number of ether oxygens (including phenoxy) is 2. The van der Waals surface area contributed by atoms with Crippen molar-refractivity contribution < 1.29 is 32.2 Å². The molecule has 2 aromatic carbocycles. The number of pyridine rings is 1.